The van der Waals surface area contributed by atoms with E-state index in [1.54, 1.807) is 6.07 Å². The Morgan fingerprint density at radius 1 is 1.19 bits per heavy atom. The van der Waals surface area contributed by atoms with Crippen LogP contribution in [0.3, 0.4) is 0 Å². The van der Waals surface area contributed by atoms with Gasteiger partial charge in [-0.1, -0.05) is 29.6 Å². The highest BCUT2D eigenvalue weighted by atomic mass is 35.5. The van der Waals surface area contributed by atoms with Gasteiger partial charge in [0.25, 0.3) is 0 Å². The molecule has 0 aromatic heterocycles. The van der Waals surface area contributed by atoms with Crippen molar-refractivity contribution in [3.8, 4) is 0 Å². The summed E-state index contributed by atoms with van der Waals surface area (Å²) < 4.78 is 0. The molecule has 1 aliphatic rings. The largest absolute Gasteiger partial charge is 0.383 e. The molecule has 2 rings (SSSR count). The van der Waals surface area contributed by atoms with Crippen LogP contribution >= 0.6 is 23.2 Å². The normalized spacial score (nSPS) is 20.8. The van der Waals surface area contributed by atoms with Crippen LogP contribution in [-0.4, -0.2) is 19.1 Å². The standard InChI is InChI=1S/C12H16Cl2N2/c13-9-5-10(14)7-12(6-9)16-8-11-3-1-2-4-15-11/h5-7,11,15-16H,1-4,8H2. The van der Waals surface area contributed by atoms with Gasteiger partial charge in [-0.3, -0.25) is 0 Å². The molecule has 2 nitrogen and oxygen atoms in total. The first-order valence-electron chi connectivity index (χ1n) is 5.67. The summed E-state index contributed by atoms with van der Waals surface area (Å²) in [5.41, 5.74) is 0.991. The monoisotopic (exact) mass is 258 g/mol. The van der Waals surface area contributed by atoms with Crippen LogP contribution in [0.4, 0.5) is 5.69 Å². The minimum absolute atomic E-state index is 0.562. The Bertz CT molecular complexity index is 329. The molecule has 16 heavy (non-hydrogen) atoms. The average molecular weight is 259 g/mol. The van der Waals surface area contributed by atoms with Crippen molar-refractivity contribution in [3.05, 3.63) is 28.2 Å². The van der Waals surface area contributed by atoms with E-state index in [-0.39, 0.29) is 0 Å². The highest BCUT2D eigenvalue weighted by Crippen LogP contribution is 2.22. The lowest BCUT2D eigenvalue weighted by atomic mass is 10.1. The molecule has 88 valence electrons. The number of rotatable bonds is 3. The summed E-state index contributed by atoms with van der Waals surface area (Å²) in [5, 5.41) is 8.20. The second kappa shape index (κ2) is 5.76. The van der Waals surface area contributed by atoms with Crippen molar-refractivity contribution in [3.63, 3.8) is 0 Å². The zero-order valence-electron chi connectivity index (χ0n) is 9.10. The summed E-state index contributed by atoms with van der Waals surface area (Å²) in [7, 11) is 0. The van der Waals surface area contributed by atoms with Crippen LogP contribution in [0.15, 0.2) is 18.2 Å². The van der Waals surface area contributed by atoms with Gasteiger partial charge in [0.15, 0.2) is 0 Å². The molecule has 2 N–H and O–H groups in total. The lowest BCUT2D eigenvalue weighted by Gasteiger charge is -2.24. The van der Waals surface area contributed by atoms with Crippen LogP contribution in [-0.2, 0) is 0 Å². The number of anilines is 1. The molecule has 1 unspecified atom stereocenters. The fourth-order valence-corrected chi connectivity index (χ4v) is 2.52. The van der Waals surface area contributed by atoms with Crippen molar-refractivity contribution in [1.29, 1.82) is 0 Å². The number of hydrogen-bond donors (Lipinski definition) is 2. The van der Waals surface area contributed by atoms with Crippen molar-refractivity contribution in [1.82, 2.24) is 5.32 Å². The third kappa shape index (κ3) is 3.55. The lowest BCUT2D eigenvalue weighted by Crippen LogP contribution is -2.39. The van der Waals surface area contributed by atoms with Crippen molar-refractivity contribution >= 4 is 28.9 Å². The van der Waals surface area contributed by atoms with Crippen molar-refractivity contribution in [2.75, 3.05) is 18.4 Å². The molecule has 1 saturated heterocycles. The Labute approximate surface area is 106 Å². The van der Waals surface area contributed by atoms with E-state index in [4.69, 9.17) is 23.2 Å². The summed E-state index contributed by atoms with van der Waals surface area (Å²) in [5.74, 6) is 0. The van der Waals surface area contributed by atoms with Gasteiger partial charge in [-0.25, -0.2) is 0 Å². The number of nitrogens with one attached hydrogen (secondary N) is 2. The van der Waals surface area contributed by atoms with E-state index >= 15 is 0 Å². The summed E-state index contributed by atoms with van der Waals surface area (Å²) >= 11 is 11.9. The second-order valence-corrected chi connectivity index (χ2v) is 5.06. The molecular formula is C12H16Cl2N2. The molecule has 1 aromatic carbocycles. The van der Waals surface area contributed by atoms with Gasteiger partial charge in [-0.2, -0.15) is 0 Å². The van der Waals surface area contributed by atoms with E-state index in [1.807, 2.05) is 12.1 Å². The molecule has 1 aliphatic heterocycles. The number of benzene rings is 1. The first kappa shape index (κ1) is 12.0. The zero-order chi connectivity index (χ0) is 11.4. The molecule has 1 aromatic rings. The van der Waals surface area contributed by atoms with E-state index in [0.29, 0.717) is 16.1 Å². The third-order valence-corrected chi connectivity index (χ3v) is 3.26. The Kier molecular flexibility index (Phi) is 4.33. The molecule has 0 spiro atoms. The van der Waals surface area contributed by atoms with Crippen molar-refractivity contribution < 1.29 is 0 Å². The van der Waals surface area contributed by atoms with E-state index in [9.17, 15) is 0 Å². The fourth-order valence-electron chi connectivity index (χ4n) is 2.00. The topological polar surface area (TPSA) is 24.1 Å². The maximum absolute atomic E-state index is 5.93. The fraction of sp³-hybridized carbons (Fsp3) is 0.500. The molecule has 1 atom stereocenters. The predicted molar refractivity (Wildman–Crippen MR) is 70.6 cm³/mol. The predicted octanol–water partition coefficient (Wildman–Crippen LogP) is 3.55. The van der Waals surface area contributed by atoms with Crippen LogP contribution in [0.25, 0.3) is 0 Å². The minimum atomic E-state index is 0.562. The van der Waals surface area contributed by atoms with Gasteiger partial charge in [-0.05, 0) is 37.6 Å². The summed E-state index contributed by atoms with van der Waals surface area (Å²) in [6.07, 6.45) is 3.84. The Hall–Kier alpha value is -0.440. The van der Waals surface area contributed by atoms with E-state index < -0.39 is 0 Å². The summed E-state index contributed by atoms with van der Waals surface area (Å²) in [6, 6.07) is 6.10. The Morgan fingerprint density at radius 3 is 2.56 bits per heavy atom. The highest BCUT2D eigenvalue weighted by molar-refractivity contribution is 6.35. The van der Waals surface area contributed by atoms with Gasteiger partial charge < -0.3 is 10.6 Å². The maximum Gasteiger partial charge on any atom is 0.0441 e. The molecule has 1 heterocycles. The minimum Gasteiger partial charge on any atom is -0.383 e. The zero-order valence-corrected chi connectivity index (χ0v) is 10.6. The Morgan fingerprint density at radius 2 is 1.94 bits per heavy atom. The van der Waals surface area contributed by atoms with Gasteiger partial charge >= 0.3 is 0 Å². The molecule has 1 fully saturated rings. The molecule has 0 amide bonds. The summed E-state index contributed by atoms with van der Waals surface area (Å²) in [4.78, 5) is 0. The number of halogens is 2. The van der Waals surface area contributed by atoms with Crippen molar-refractivity contribution in [2.24, 2.45) is 0 Å². The van der Waals surface area contributed by atoms with Crippen LogP contribution in [0.1, 0.15) is 19.3 Å². The smallest absolute Gasteiger partial charge is 0.0441 e. The highest BCUT2D eigenvalue weighted by Gasteiger charge is 2.11. The Balaban J connectivity index is 1.88. The molecule has 0 bridgehead atoms. The number of piperidine rings is 1. The van der Waals surface area contributed by atoms with Crippen LogP contribution in [0, 0.1) is 0 Å². The first-order valence-corrected chi connectivity index (χ1v) is 6.43. The van der Waals surface area contributed by atoms with E-state index in [1.165, 1.54) is 19.3 Å². The quantitative estimate of drug-likeness (QED) is 0.867. The maximum atomic E-state index is 5.93. The first-order chi connectivity index (χ1) is 7.74. The van der Waals surface area contributed by atoms with Gasteiger partial charge in [0, 0.05) is 28.3 Å². The third-order valence-electron chi connectivity index (χ3n) is 2.83. The number of hydrogen-bond acceptors (Lipinski definition) is 2. The SMILES string of the molecule is Clc1cc(Cl)cc(NCC2CCCCN2)c1. The summed E-state index contributed by atoms with van der Waals surface area (Å²) in [6.45, 7) is 2.05. The average Bonchev–Trinajstić information content (AvgIpc) is 2.27. The van der Waals surface area contributed by atoms with Crippen molar-refractivity contribution in [2.45, 2.75) is 25.3 Å². The molecular weight excluding hydrogens is 243 g/mol. The molecule has 0 aliphatic carbocycles. The van der Waals surface area contributed by atoms with Gasteiger partial charge in [0.1, 0.15) is 0 Å². The molecule has 4 heteroatoms. The van der Waals surface area contributed by atoms with E-state index in [0.717, 1.165) is 18.8 Å². The molecule has 0 radical (unpaired) electrons. The van der Waals surface area contributed by atoms with Crippen LogP contribution < -0.4 is 10.6 Å². The van der Waals surface area contributed by atoms with Gasteiger partial charge in [0.05, 0.1) is 0 Å². The van der Waals surface area contributed by atoms with Crippen LogP contribution in [0.2, 0.25) is 10.0 Å². The van der Waals surface area contributed by atoms with Crippen LogP contribution in [0.5, 0.6) is 0 Å². The van der Waals surface area contributed by atoms with E-state index in [2.05, 4.69) is 10.6 Å². The van der Waals surface area contributed by atoms with Gasteiger partial charge in [0.2, 0.25) is 0 Å². The van der Waals surface area contributed by atoms with Gasteiger partial charge in [-0.15, -0.1) is 0 Å². The lowest BCUT2D eigenvalue weighted by molar-refractivity contribution is 0.414. The second-order valence-electron chi connectivity index (χ2n) is 4.19. The molecule has 0 saturated carbocycles.